The van der Waals surface area contributed by atoms with Crippen molar-refractivity contribution in [2.75, 3.05) is 19.6 Å². The molecule has 1 fully saturated rings. The quantitative estimate of drug-likeness (QED) is 0.815. The van der Waals surface area contributed by atoms with Crippen LogP contribution >= 0.6 is 11.6 Å². The molecule has 0 bridgehead atoms. The smallest absolute Gasteiger partial charge is 0.317 e. The Labute approximate surface area is 135 Å². The number of hydrogen-bond donors (Lipinski definition) is 2. The fourth-order valence-corrected chi connectivity index (χ4v) is 2.74. The van der Waals surface area contributed by atoms with Gasteiger partial charge in [-0.15, -0.1) is 0 Å². The first-order valence-electron chi connectivity index (χ1n) is 7.63. The predicted octanol–water partition coefficient (Wildman–Crippen LogP) is 2.18. The molecule has 5 nitrogen and oxygen atoms in total. The highest BCUT2D eigenvalue weighted by atomic mass is 35.5. The van der Waals surface area contributed by atoms with Crippen LogP contribution in [0.1, 0.15) is 24.8 Å². The molecule has 0 saturated carbocycles. The van der Waals surface area contributed by atoms with Crippen LogP contribution in [0.15, 0.2) is 24.3 Å². The molecule has 3 N–H and O–H groups in total. The topological polar surface area (TPSA) is 75.4 Å². The average molecular weight is 324 g/mol. The number of hydrogen-bond acceptors (Lipinski definition) is 2. The first kappa shape index (κ1) is 16.6. The van der Waals surface area contributed by atoms with Gasteiger partial charge in [-0.1, -0.05) is 23.7 Å². The van der Waals surface area contributed by atoms with E-state index < -0.39 is 0 Å². The number of amides is 3. The minimum Gasteiger partial charge on any atom is -0.369 e. The van der Waals surface area contributed by atoms with Crippen LogP contribution in [0.25, 0.3) is 0 Å². The van der Waals surface area contributed by atoms with Gasteiger partial charge in [0, 0.05) is 30.6 Å². The highest BCUT2D eigenvalue weighted by molar-refractivity contribution is 6.30. The van der Waals surface area contributed by atoms with Gasteiger partial charge in [0.15, 0.2) is 0 Å². The molecule has 3 amide bonds. The van der Waals surface area contributed by atoms with Gasteiger partial charge in [0.05, 0.1) is 0 Å². The maximum absolute atomic E-state index is 12.0. The van der Waals surface area contributed by atoms with Gasteiger partial charge in [-0.25, -0.2) is 4.79 Å². The van der Waals surface area contributed by atoms with Gasteiger partial charge in [0.1, 0.15) is 0 Å². The normalized spacial score (nSPS) is 15.6. The van der Waals surface area contributed by atoms with Gasteiger partial charge in [-0.05, 0) is 43.4 Å². The highest BCUT2D eigenvalue weighted by Gasteiger charge is 2.25. The Hall–Kier alpha value is -1.75. The monoisotopic (exact) mass is 323 g/mol. The van der Waals surface area contributed by atoms with Crippen molar-refractivity contribution >= 4 is 23.5 Å². The third-order valence-corrected chi connectivity index (χ3v) is 4.27. The number of carbonyl (C=O) groups is 2. The molecule has 0 radical (unpaired) electrons. The molecular formula is C16H22ClN3O2. The van der Waals surface area contributed by atoms with E-state index in [-0.39, 0.29) is 17.9 Å². The Morgan fingerprint density at radius 2 is 1.86 bits per heavy atom. The number of primary amides is 1. The van der Waals surface area contributed by atoms with Crippen LogP contribution in [-0.2, 0) is 11.2 Å². The Kier molecular flexibility index (Phi) is 6.07. The molecular weight excluding hydrogens is 302 g/mol. The summed E-state index contributed by atoms with van der Waals surface area (Å²) in [6, 6.07) is 7.69. The van der Waals surface area contributed by atoms with Crippen LogP contribution in [0, 0.1) is 5.92 Å². The minimum absolute atomic E-state index is 0.0565. The molecule has 1 aliphatic rings. The number of piperidine rings is 1. The summed E-state index contributed by atoms with van der Waals surface area (Å²) in [6.45, 7) is 1.82. The Morgan fingerprint density at radius 1 is 1.23 bits per heavy atom. The number of halogens is 1. The molecule has 0 spiro atoms. The second-order valence-electron chi connectivity index (χ2n) is 5.63. The van der Waals surface area contributed by atoms with E-state index in [1.54, 1.807) is 4.90 Å². The number of carbonyl (C=O) groups excluding carboxylic acids is 2. The van der Waals surface area contributed by atoms with E-state index in [0.29, 0.717) is 32.5 Å². The van der Waals surface area contributed by atoms with Crippen molar-refractivity contribution in [3.05, 3.63) is 34.9 Å². The molecule has 22 heavy (non-hydrogen) atoms. The summed E-state index contributed by atoms with van der Waals surface area (Å²) in [5, 5.41) is 3.66. The molecule has 0 atom stereocenters. The molecule has 1 aromatic carbocycles. The first-order chi connectivity index (χ1) is 10.6. The summed E-state index contributed by atoms with van der Waals surface area (Å²) in [4.78, 5) is 24.9. The lowest BCUT2D eigenvalue weighted by Crippen LogP contribution is -2.46. The summed E-state index contributed by atoms with van der Waals surface area (Å²) in [7, 11) is 0. The molecule has 2 rings (SSSR count). The van der Waals surface area contributed by atoms with Crippen molar-refractivity contribution in [2.45, 2.75) is 25.7 Å². The van der Waals surface area contributed by atoms with Gasteiger partial charge in [-0.3, -0.25) is 4.79 Å². The molecule has 1 heterocycles. The summed E-state index contributed by atoms with van der Waals surface area (Å²) in [5.41, 5.74) is 6.49. The fraction of sp³-hybridized carbons (Fsp3) is 0.500. The van der Waals surface area contributed by atoms with Crippen molar-refractivity contribution in [3.8, 4) is 0 Å². The van der Waals surface area contributed by atoms with E-state index >= 15 is 0 Å². The second kappa shape index (κ2) is 8.03. The first-order valence-corrected chi connectivity index (χ1v) is 8.00. The van der Waals surface area contributed by atoms with Gasteiger partial charge in [0.2, 0.25) is 5.91 Å². The Morgan fingerprint density at radius 3 is 2.45 bits per heavy atom. The van der Waals surface area contributed by atoms with Gasteiger partial charge in [-0.2, -0.15) is 0 Å². The molecule has 0 aliphatic carbocycles. The molecule has 1 aliphatic heterocycles. The molecule has 6 heteroatoms. The molecule has 1 aromatic rings. The largest absolute Gasteiger partial charge is 0.369 e. The van der Waals surface area contributed by atoms with Crippen LogP contribution < -0.4 is 11.1 Å². The lowest BCUT2D eigenvalue weighted by molar-refractivity contribution is -0.123. The Balaban J connectivity index is 1.64. The molecule has 0 aromatic heterocycles. The van der Waals surface area contributed by atoms with Crippen LogP contribution in [0.5, 0.6) is 0 Å². The zero-order valence-electron chi connectivity index (χ0n) is 12.6. The van der Waals surface area contributed by atoms with E-state index in [1.807, 2.05) is 24.3 Å². The number of rotatable bonds is 5. The number of nitrogens with one attached hydrogen (secondary N) is 1. The summed E-state index contributed by atoms with van der Waals surface area (Å²) in [5.74, 6) is -0.350. The summed E-state index contributed by atoms with van der Waals surface area (Å²) in [6.07, 6.45) is 3.10. The lowest BCUT2D eigenvalue weighted by Gasteiger charge is -2.30. The van der Waals surface area contributed by atoms with Crippen molar-refractivity contribution in [2.24, 2.45) is 11.7 Å². The number of urea groups is 1. The van der Waals surface area contributed by atoms with Gasteiger partial charge >= 0.3 is 6.03 Å². The van der Waals surface area contributed by atoms with E-state index in [1.165, 1.54) is 5.56 Å². The standard InChI is InChI=1S/C16H22ClN3O2/c17-14-5-3-12(4-6-14)2-1-9-19-16(22)20-10-7-13(8-11-20)15(18)21/h3-6,13H,1-2,7-11H2,(H2,18,21)(H,19,22). The molecule has 0 unspecified atom stereocenters. The van der Waals surface area contributed by atoms with Crippen molar-refractivity contribution in [1.29, 1.82) is 0 Å². The average Bonchev–Trinajstić information content (AvgIpc) is 2.53. The fourth-order valence-electron chi connectivity index (χ4n) is 2.62. The van der Waals surface area contributed by atoms with Crippen molar-refractivity contribution < 1.29 is 9.59 Å². The summed E-state index contributed by atoms with van der Waals surface area (Å²) < 4.78 is 0. The number of benzene rings is 1. The number of likely N-dealkylation sites (tertiary alicyclic amines) is 1. The van der Waals surface area contributed by atoms with Crippen LogP contribution in [0.2, 0.25) is 5.02 Å². The molecule has 1 saturated heterocycles. The third kappa shape index (κ3) is 4.91. The molecule has 120 valence electrons. The summed E-state index contributed by atoms with van der Waals surface area (Å²) >= 11 is 5.84. The zero-order chi connectivity index (χ0) is 15.9. The zero-order valence-corrected chi connectivity index (χ0v) is 13.3. The van der Waals surface area contributed by atoms with Crippen molar-refractivity contribution in [1.82, 2.24) is 10.2 Å². The van der Waals surface area contributed by atoms with Crippen LogP contribution in [0.3, 0.4) is 0 Å². The maximum atomic E-state index is 12.0. The SMILES string of the molecule is NC(=O)C1CCN(C(=O)NCCCc2ccc(Cl)cc2)CC1. The highest BCUT2D eigenvalue weighted by Crippen LogP contribution is 2.16. The predicted molar refractivity (Wildman–Crippen MR) is 86.7 cm³/mol. The van der Waals surface area contributed by atoms with E-state index in [9.17, 15) is 9.59 Å². The van der Waals surface area contributed by atoms with Gasteiger partial charge < -0.3 is 16.0 Å². The third-order valence-electron chi connectivity index (χ3n) is 4.02. The number of nitrogens with zero attached hydrogens (tertiary/aromatic N) is 1. The second-order valence-corrected chi connectivity index (χ2v) is 6.06. The lowest BCUT2D eigenvalue weighted by atomic mass is 9.96. The number of nitrogens with two attached hydrogens (primary N) is 1. The van der Waals surface area contributed by atoms with Crippen LogP contribution in [-0.4, -0.2) is 36.5 Å². The van der Waals surface area contributed by atoms with E-state index in [4.69, 9.17) is 17.3 Å². The van der Waals surface area contributed by atoms with E-state index in [0.717, 1.165) is 17.9 Å². The van der Waals surface area contributed by atoms with Crippen molar-refractivity contribution in [3.63, 3.8) is 0 Å². The van der Waals surface area contributed by atoms with Gasteiger partial charge in [0.25, 0.3) is 0 Å². The number of aryl methyl sites for hydroxylation is 1. The maximum Gasteiger partial charge on any atom is 0.317 e. The van der Waals surface area contributed by atoms with Crippen LogP contribution in [0.4, 0.5) is 4.79 Å². The van der Waals surface area contributed by atoms with E-state index in [2.05, 4.69) is 5.32 Å². The Bertz CT molecular complexity index is 511. The minimum atomic E-state index is -0.261.